The number of nitrogens with two attached hydrogens (primary N) is 1. The van der Waals surface area contributed by atoms with Gasteiger partial charge >= 0.3 is 0 Å². The van der Waals surface area contributed by atoms with E-state index < -0.39 is 0 Å². The van der Waals surface area contributed by atoms with E-state index in [0.29, 0.717) is 18.8 Å². The van der Waals surface area contributed by atoms with Crippen molar-refractivity contribution in [2.75, 3.05) is 20.2 Å². The SMILES string of the molecule is COc1ccc(CN2CC(C)OC(C)C2)cc1CN. The lowest BCUT2D eigenvalue weighted by molar-refractivity contribution is -0.0704. The van der Waals surface area contributed by atoms with Crippen LogP contribution < -0.4 is 10.5 Å². The molecule has 4 heteroatoms. The van der Waals surface area contributed by atoms with Gasteiger partial charge in [-0.05, 0) is 31.5 Å². The third-order valence-corrected chi connectivity index (χ3v) is 3.47. The molecule has 0 saturated carbocycles. The fourth-order valence-electron chi connectivity index (χ4n) is 2.76. The minimum Gasteiger partial charge on any atom is -0.496 e. The normalized spacial score (nSPS) is 24.4. The van der Waals surface area contributed by atoms with E-state index in [2.05, 4.69) is 30.9 Å². The van der Waals surface area contributed by atoms with Crippen molar-refractivity contribution in [3.05, 3.63) is 29.3 Å². The van der Waals surface area contributed by atoms with E-state index >= 15 is 0 Å². The number of ether oxygens (including phenoxy) is 2. The molecule has 1 aromatic carbocycles. The van der Waals surface area contributed by atoms with Crippen LogP contribution >= 0.6 is 0 Å². The Kier molecular flexibility index (Phi) is 4.80. The van der Waals surface area contributed by atoms with Crippen LogP contribution in [-0.2, 0) is 17.8 Å². The molecule has 2 N–H and O–H groups in total. The third kappa shape index (κ3) is 3.69. The van der Waals surface area contributed by atoms with Gasteiger partial charge in [-0.2, -0.15) is 0 Å². The molecule has 1 aliphatic heterocycles. The molecule has 0 amide bonds. The third-order valence-electron chi connectivity index (χ3n) is 3.47. The van der Waals surface area contributed by atoms with E-state index in [4.69, 9.17) is 15.2 Å². The zero-order valence-corrected chi connectivity index (χ0v) is 12.1. The molecule has 1 aromatic rings. The molecular weight excluding hydrogens is 240 g/mol. The summed E-state index contributed by atoms with van der Waals surface area (Å²) in [5.41, 5.74) is 8.10. The number of morpholine rings is 1. The van der Waals surface area contributed by atoms with E-state index in [1.165, 1.54) is 5.56 Å². The lowest BCUT2D eigenvalue weighted by Gasteiger charge is -2.35. The minimum absolute atomic E-state index is 0.302. The summed E-state index contributed by atoms with van der Waals surface area (Å²) in [6, 6.07) is 6.26. The smallest absolute Gasteiger partial charge is 0.123 e. The maximum atomic E-state index is 5.76. The molecule has 0 spiro atoms. The highest BCUT2D eigenvalue weighted by Crippen LogP contribution is 2.21. The van der Waals surface area contributed by atoms with Crippen molar-refractivity contribution < 1.29 is 9.47 Å². The van der Waals surface area contributed by atoms with Crippen LogP contribution in [0, 0.1) is 0 Å². The predicted molar refractivity (Wildman–Crippen MR) is 76.2 cm³/mol. The van der Waals surface area contributed by atoms with E-state index in [9.17, 15) is 0 Å². The Morgan fingerprint density at radius 1 is 1.32 bits per heavy atom. The van der Waals surface area contributed by atoms with E-state index in [0.717, 1.165) is 30.9 Å². The van der Waals surface area contributed by atoms with Gasteiger partial charge in [-0.25, -0.2) is 0 Å². The summed E-state index contributed by atoms with van der Waals surface area (Å²) in [5.74, 6) is 0.870. The zero-order valence-electron chi connectivity index (χ0n) is 12.1. The number of benzene rings is 1. The monoisotopic (exact) mass is 264 g/mol. The number of methoxy groups -OCH3 is 1. The van der Waals surface area contributed by atoms with Gasteiger partial charge < -0.3 is 15.2 Å². The van der Waals surface area contributed by atoms with Gasteiger partial charge in [-0.1, -0.05) is 6.07 Å². The molecule has 2 rings (SSSR count). The molecule has 106 valence electrons. The van der Waals surface area contributed by atoms with Gasteiger partial charge in [0, 0.05) is 31.7 Å². The van der Waals surface area contributed by atoms with Gasteiger partial charge in [0.25, 0.3) is 0 Å². The second kappa shape index (κ2) is 6.37. The summed E-state index contributed by atoms with van der Waals surface area (Å²) in [7, 11) is 1.68. The van der Waals surface area contributed by atoms with Crippen LogP contribution in [0.1, 0.15) is 25.0 Å². The van der Waals surface area contributed by atoms with Gasteiger partial charge in [0.2, 0.25) is 0 Å². The standard InChI is InChI=1S/C15H24N2O2/c1-11-8-17(9-12(2)19-11)10-13-4-5-15(18-3)14(6-13)7-16/h4-6,11-12H,7-10,16H2,1-3H3. The Hall–Kier alpha value is -1.10. The lowest BCUT2D eigenvalue weighted by Crippen LogP contribution is -2.44. The molecule has 2 unspecified atom stereocenters. The van der Waals surface area contributed by atoms with E-state index in [1.807, 2.05) is 6.07 Å². The van der Waals surface area contributed by atoms with Crippen LogP contribution in [0.4, 0.5) is 0 Å². The maximum absolute atomic E-state index is 5.76. The van der Waals surface area contributed by atoms with Gasteiger partial charge in [0.15, 0.2) is 0 Å². The first kappa shape index (κ1) is 14.3. The molecule has 1 saturated heterocycles. The van der Waals surface area contributed by atoms with E-state index in [-0.39, 0.29) is 0 Å². The molecule has 1 heterocycles. The largest absolute Gasteiger partial charge is 0.496 e. The molecule has 0 radical (unpaired) electrons. The Labute approximate surface area is 115 Å². The molecule has 19 heavy (non-hydrogen) atoms. The Balaban J connectivity index is 2.06. The molecule has 0 bridgehead atoms. The second-order valence-corrected chi connectivity index (χ2v) is 5.30. The predicted octanol–water partition coefficient (Wildman–Crippen LogP) is 1.76. The molecule has 1 aliphatic rings. The zero-order chi connectivity index (χ0) is 13.8. The van der Waals surface area contributed by atoms with Crippen molar-refractivity contribution >= 4 is 0 Å². The summed E-state index contributed by atoms with van der Waals surface area (Å²) in [4.78, 5) is 2.43. The summed E-state index contributed by atoms with van der Waals surface area (Å²) in [6.45, 7) is 7.66. The molecular formula is C15H24N2O2. The highest BCUT2D eigenvalue weighted by Gasteiger charge is 2.22. The molecule has 0 aliphatic carbocycles. The van der Waals surface area contributed by atoms with Crippen LogP contribution in [0.15, 0.2) is 18.2 Å². The fraction of sp³-hybridized carbons (Fsp3) is 0.600. The summed E-state index contributed by atoms with van der Waals surface area (Å²) < 4.78 is 11.1. The number of hydrogen-bond acceptors (Lipinski definition) is 4. The summed E-state index contributed by atoms with van der Waals surface area (Å²) in [6.07, 6.45) is 0.604. The highest BCUT2D eigenvalue weighted by atomic mass is 16.5. The van der Waals surface area contributed by atoms with Gasteiger partial charge in [-0.3, -0.25) is 4.90 Å². The average molecular weight is 264 g/mol. The summed E-state index contributed by atoms with van der Waals surface area (Å²) in [5, 5.41) is 0. The van der Waals surface area contributed by atoms with Crippen LogP contribution in [-0.4, -0.2) is 37.3 Å². The van der Waals surface area contributed by atoms with Crippen LogP contribution in [0.25, 0.3) is 0 Å². The van der Waals surface area contributed by atoms with Gasteiger partial charge in [0.05, 0.1) is 19.3 Å². The topological polar surface area (TPSA) is 47.7 Å². The van der Waals surface area contributed by atoms with Crippen molar-refractivity contribution in [2.24, 2.45) is 5.73 Å². The first-order valence-electron chi connectivity index (χ1n) is 6.86. The Morgan fingerprint density at radius 2 is 2.00 bits per heavy atom. The van der Waals surface area contributed by atoms with Gasteiger partial charge in [-0.15, -0.1) is 0 Å². The molecule has 4 nitrogen and oxygen atoms in total. The van der Waals surface area contributed by atoms with Crippen molar-refractivity contribution in [1.29, 1.82) is 0 Å². The highest BCUT2D eigenvalue weighted by molar-refractivity contribution is 5.37. The molecule has 2 atom stereocenters. The van der Waals surface area contributed by atoms with Gasteiger partial charge in [0.1, 0.15) is 5.75 Å². The van der Waals surface area contributed by atoms with Crippen LogP contribution in [0.2, 0.25) is 0 Å². The van der Waals surface area contributed by atoms with Crippen molar-refractivity contribution in [3.63, 3.8) is 0 Å². The molecule has 0 aromatic heterocycles. The Morgan fingerprint density at radius 3 is 2.58 bits per heavy atom. The number of rotatable bonds is 4. The Bertz CT molecular complexity index is 413. The van der Waals surface area contributed by atoms with Crippen LogP contribution in [0.5, 0.6) is 5.75 Å². The van der Waals surface area contributed by atoms with Crippen molar-refractivity contribution in [2.45, 2.75) is 39.1 Å². The first-order valence-corrected chi connectivity index (χ1v) is 6.86. The fourth-order valence-corrected chi connectivity index (χ4v) is 2.76. The van der Waals surface area contributed by atoms with Crippen molar-refractivity contribution in [1.82, 2.24) is 4.90 Å². The number of hydrogen-bond donors (Lipinski definition) is 1. The number of nitrogens with zero attached hydrogens (tertiary/aromatic N) is 1. The summed E-state index contributed by atoms with van der Waals surface area (Å²) >= 11 is 0. The quantitative estimate of drug-likeness (QED) is 0.900. The lowest BCUT2D eigenvalue weighted by atomic mass is 10.1. The van der Waals surface area contributed by atoms with Crippen molar-refractivity contribution in [3.8, 4) is 5.75 Å². The minimum atomic E-state index is 0.302. The first-order chi connectivity index (χ1) is 9.12. The molecule has 1 fully saturated rings. The second-order valence-electron chi connectivity index (χ2n) is 5.30. The average Bonchev–Trinajstić information content (AvgIpc) is 2.37. The maximum Gasteiger partial charge on any atom is 0.123 e. The van der Waals surface area contributed by atoms with Crippen LogP contribution in [0.3, 0.4) is 0 Å². The van der Waals surface area contributed by atoms with E-state index in [1.54, 1.807) is 7.11 Å².